The molecule has 0 spiro atoms. The molecule has 0 saturated carbocycles. The Balaban J connectivity index is 2.94. The highest BCUT2D eigenvalue weighted by Gasteiger charge is 2.19. The Morgan fingerprint density at radius 3 is 2.62 bits per heavy atom. The molecule has 1 nitrogen and oxygen atoms in total. The summed E-state index contributed by atoms with van der Waals surface area (Å²) in [7, 11) is 1.87. The monoisotopic (exact) mass is 243 g/mol. The molecule has 2 unspecified atom stereocenters. The minimum atomic E-state index is -0.227. The normalized spacial score (nSPS) is 14.8. The predicted molar refractivity (Wildman–Crippen MR) is 67.3 cm³/mol. The van der Waals surface area contributed by atoms with Gasteiger partial charge in [0.1, 0.15) is 5.82 Å². The summed E-state index contributed by atoms with van der Waals surface area (Å²) in [5, 5.41) is 3.62. The van der Waals surface area contributed by atoms with Crippen LogP contribution < -0.4 is 5.32 Å². The molecule has 0 aliphatic rings. The third kappa shape index (κ3) is 3.19. The lowest BCUT2D eigenvalue weighted by Crippen LogP contribution is -2.24. The molecular weight excluding hydrogens is 225 g/mol. The molecule has 0 fully saturated rings. The topological polar surface area (TPSA) is 12.0 Å². The van der Waals surface area contributed by atoms with Gasteiger partial charge in [0.2, 0.25) is 0 Å². The number of halogens is 2. The minimum Gasteiger partial charge on any atom is -0.313 e. The smallest absolute Gasteiger partial charge is 0.129 e. The highest BCUT2D eigenvalue weighted by atomic mass is 35.5. The second kappa shape index (κ2) is 6.21. The van der Waals surface area contributed by atoms with Crippen LogP contribution in [0.1, 0.15) is 38.3 Å². The van der Waals surface area contributed by atoms with E-state index in [0.717, 1.165) is 12.8 Å². The van der Waals surface area contributed by atoms with E-state index in [-0.39, 0.29) is 11.9 Å². The number of hydrogen-bond acceptors (Lipinski definition) is 1. The van der Waals surface area contributed by atoms with Gasteiger partial charge in [0.05, 0.1) is 0 Å². The van der Waals surface area contributed by atoms with Gasteiger partial charge >= 0.3 is 0 Å². The highest BCUT2D eigenvalue weighted by Crippen LogP contribution is 2.28. The van der Waals surface area contributed by atoms with E-state index >= 15 is 0 Å². The van der Waals surface area contributed by atoms with Crippen LogP contribution in [0.5, 0.6) is 0 Å². The summed E-state index contributed by atoms with van der Waals surface area (Å²) < 4.78 is 13.8. The average molecular weight is 244 g/mol. The van der Waals surface area contributed by atoms with Crippen LogP contribution in [0.4, 0.5) is 4.39 Å². The fourth-order valence-electron chi connectivity index (χ4n) is 2.12. The van der Waals surface area contributed by atoms with Crippen LogP contribution in [0.15, 0.2) is 18.2 Å². The van der Waals surface area contributed by atoms with E-state index in [1.54, 1.807) is 12.1 Å². The van der Waals surface area contributed by atoms with Gasteiger partial charge in [-0.05, 0) is 31.5 Å². The SMILES string of the molecule is CCCC(C)C(NC)c1ccc(Cl)cc1F. The molecule has 1 N–H and O–H groups in total. The van der Waals surface area contributed by atoms with Gasteiger partial charge < -0.3 is 5.32 Å². The minimum absolute atomic E-state index is 0.0530. The molecule has 1 rings (SSSR count). The van der Waals surface area contributed by atoms with Gasteiger partial charge in [-0.1, -0.05) is 37.9 Å². The standard InChI is InChI=1S/C13H19ClFN/c1-4-5-9(2)13(16-3)11-7-6-10(14)8-12(11)15/h6-9,13,16H,4-5H2,1-3H3. The van der Waals surface area contributed by atoms with Crippen molar-refractivity contribution in [3.8, 4) is 0 Å². The average Bonchev–Trinajstić information content (AvgIpc) is 2.22. The molecular formula is C13H19ClFN. The summed E-state index contributed by atoms with van der Waals surface area (Å²) in [6, 6.07) is 4.94. The van der Waals surface area contributed by atoms with E-state index in [9.17, 15) is 4.39 Å². The summed E-state index contributed by atoms with van der Waals surface area (Å²) in [5.41, 5.74) is 0.702. The van der Waals surface area contributed by atoms with Crippen molar-refractivity contribution in [1.82, 2.24) is 5.32 Å². The number of nitrogens with one attached hydrogen (secondary N) is 1. The van der Waals surface area contributed by atoms with Gasteiger partial charge in [-0.3, -0.25) is 0 Å². The number of rotatable bonds is 5. The van der Waals surface area contributed by atoms with Crippen molar-refractivity contribution >= 4 is 11.6 Å². The van der Waals surface area contributed by atoms with Gasteiger partial charge in [-0.2, -0.15) is 0 Å². The second-order valence-corrected chi connectivity index (χ2v) is 4.63. The van der Waals surface area contributed by atoms with Crippen molar-refractivity contribution in [3.05, 3.63) is 34.6 Å². The Morgan fingerprint density at radius 1 is 1.44 bits per heavy atom. The molecule has 0 aromatic heterocycles. The van der Waals surface area contributed by atoms with Crippen LogP contribution in [-0.4, -0.2) is 7.05 Å². The van der Waals surface area contributed by atoms with Gasteiger partial charge in [0.15, 0.2) is 0 Å². The van der Waals surface area contributed by atoms with E-state index in [1.807, 2.05) is 7.05 Å². The zero-order chi connectivity index (χ0) is 12.1. The lowest BCUT2D eigenvalue weighted by Gasteiger charge is -2.24. The number of hydrogen-bond donors (Lipinski definition) is 1. The first-order valence-corrected chi connectivity index (χ1v) is 6.10. The Labute approximate surface area is 102 Å². The van der Waals surface area contributed by atoms with Crippen LogP contribution in [0.3, 0.4) is 0 Å². The lowest BCUT2D eigenvalue weighted by molar-refractivity contribution is 0.372. The second-order valence-electron chi connectivity index (χ2n) is 4.20. The summed E-state index contributed by atoms with van der Waals surface area (Å²) in [6.07, 6.45) is 2.18. The zero-order valence-electron chi connectivity index (χ0n) is 10.1. The van der Waals surface area contributed by atoms with E-state index in [2.05, 4.69) is 19.2 Å². The first-order chi connectivity index (χ1) is 7.60. The first-order valence-electron chi connectivity index (χ1n) is 5.72. The van der Waals surface area contributed by atoms with Gasteiger partial charge in [0, 0.05) is 16.6 Å². The lowest BCUT2D eigenvalue weighted by atomic mass is 9.91. The highest BCUT2D eigenvalue weighted by molar-refractivity contribution is 6.30. The van der Waals surface area contributed by atoms with Crippen LogP contribution in [0, 0.1) is 11.7 Å². The molecule has 2 atom stereocenters. The molecule has 1 aromatic carbocycles. The molecule has 3 heteroatoms. The maximum Gasteiger partial charge on any atom is 0.129 e. The van der Waals surface area contributed by atoms with Crippen molar-refractivity contribution < 1.29 is 4.39 Å². The summed E-state index contributed by atoms with van der Waals surface area (Å²) in [4.78, 5) is 0. The molecule has 0 heterocycles. The zero-order valence-corrected chi connectivity index (χ0v) is 10.8. The van der Waals surface area contributed by atoms with Crippen LogP contribution in [0.2, 0.25) is 5.02 Å². The summed E-state index contributed by atoms with van der Waals surface area (Å²) in [6.45, 7) is 4.28. The molecule has 0 aliphatic heterocycles. The third-order valence-electron chi connectivity index (χ3n) is 2.92. The molecule has 0 aliphatic carbocycles. The third-order valence-corrected chi connectivity index (χ3v) is 3.16. The fraction of sp³-hybridized carbons (Fsp3) is 0.538. The van der Waals surface area contributed by atoms with Gasteiger partial charge in [0.25, 0.3) is 0 Å². The molecule has 0 bridgehead atoms. The summed E-state index contributed by atoms with van der Waals surface area (Å²) in [5.74, 6) is 0.181. The van der Waals surface area contributed by atoms with Gasteiger partial charge in [-0.25, -0.2) is 4.39 Å². The van der Waals surface area contributed by atoms with Crippen LogP contribution >= 0.6 is 11.6 Å². The Morgan fingerprint density at radius 2 is 2.12 bits per heavy atom. The van der Waals surface area contributed by atoms with Crippen molar-refractivity contribution in [2.24, 2.45) is 5.92 Å². The Kier molecular flexibility index (Phi) is 5.23. The van der Waals surface area contributed by atoms with Crippen molar-refractivity contribution in [3.63, 3.8) is 0 Å². The quantitative estimate of drug-likeness (QED) is 0.818. The van der Waals surface area contributed by atoms with E-state index in [1.165, 1.54) is 6.07 Å². The van der Waals surface area contributed by atoms with Crippen molar-refractivity contribution in [2.75, 3.05) is 7.05 Å². The Bertz CT molecular complexity index is 341. The number of benzene rings is 1. The molecule has 0 amide bonds. The predicted octanol–water partition coefficient (Wildman–Crippen LogP) is 4.18. The van der Waals surface area contributed by atoms with Crippen molar-refractivity contribution in [1.29, 1.82) is 0 Å². The molecule has 0 saturated heterocycles. The van der Waals surface area contributed by atoms with Crippen molar-refractivity contribution in [2.45, 2.75) is 32.7 Å². The molecule has 90 valence electrons. The van der Waals surface area contributed by atoms with Gasteiger partial charge in [-0.15, -0.1) is 0 Å². The maximum absolute atomic E-state index is 13.8. The van der Waals surface area contributed by atoms with E-state index < -0.39 is 0 Å². The molecule has 1 aromatic rings. The Hall–Kier alpha value is -0.600. The van der Waals surface area contributed by atoms with Crippen LogP contribution in [-0.2, 0) is 0 Å². The maximum atomic E-state index is 13.8. The summed E-state index contributed by atoms with van der Waals surface area (Å²) >= 11 is 5.75. The fourth-order valence-corrected chi connectivity index (χ4v) is 2.28. The van der Waals surface area contributed by atoms with E-state index in [4.69, 9.17) is 11.6 Å². The van der Waals surface area contributed by atoms with Crippen LogP contribution in [0.25, 0.3) is 0 Å². The van der Waals surface area contributed by atoms with E-state index in [0.29, 0.717) is 16.5 Å². The molecule has 16 heavy (non-hydrogen) atoms. The first kappa shape index (κ1) is 13.5. The largest absolute Gasteiger partial charge is 0.313 e. The molecule has 0 radical (unpaired) electrons.